The van der Waals surface area contributed by atoms with Crippen LogP contribution in [0.5, 0.6) is 5.75 Å². The summed E-state index contributed by atoms with van der Waals surface area (Å²) < 4.78 is 10.7. The van der Waals surface area contributed by atoms with E-state index in [-0.39, 0.29) is 18.1 Å². The Bertz CT molecular complexity index is 637. The van der Waals surface area contributed by atoms with Gasteiger partial charge < -0.3 is 14.8 Å². The fourth-order valence-corrected chi connectivity index (χ4v) is 5.60. The van der Waals surface area contributed by atoms with Gasteiger partial charge in [0.05, 0.1) is 0 Å². The number of carbonyl (C=O) groups is 2. The lowest BCUT2D eigenvalue weighted by Gasteiger charge is -2.56. The number of para-hydroxylation sites is 1. The van der Waals surface area contributed by atoms with Crippen molar-refractivity contribution in [3.63, 3.8) is 0 Å². The van der Waals surface area contributed by atoms with Gasteiger partial charge in [0.1, 0.15) is 5.75 Å². The maximum Gasteiger partial charge on any atom is 0.347 e. The molecule has 4 saturated carbocycles. The van der Waals surface area contributed by atoms with E-state index in [9.17, 15) is 9.59 Å². The molecule has 1 atom stereocenters. The Labute approximate surface area is 154 Å². The quantitative estimate of drug-likeness (QED) is 0.795. The fourth-order valence-electron chi connectivity index (χ4n) is 5.60. The molecular formula is C21H27NO4. The normalized spacial score (nSPS) is 32.7. The van der Waals surface area contributed by atoms with Gasteiger partial charge in [-0.1, -0.05) is 18.2 Å². The Hall–Kier alpha value is -2.04. The molecule has 0 aromatic heterocycles. The zero-order valence-electron chi connectivity index (χ0n) is 15.3. The molecule has 1 amide bonds. The third kappa shape index (κ3) is 3.71. The van der Waals surface area contributed by atoms with E-state index in [0.717, 1.165) is 37.0 Å². The molecule has 0 saturated heterocycles. The number of nitrogens with one attached hydrogen (secondary N) is 1. The van der Waals surface area contributed by atoms with Crippen LogP contribution in [0.2, 0.25) is 0 Å². The second kappa shape index (κ2) is 6.93. The minimum absolute atomic E-state index is 0.0512. The van der Waals surface area contributed by atoms with Gasteiger partial charge in [-0.25, -0.2) is 4.79 Å². The van der Waals surface area contributed by atoms with Crippen molar-refractivity contribution < 1.29 is 19.1 Å². The molecule has 0 heterocycles. The van der Waals surface area contributed by atoms with Crippen LogP contribution < -0.4 is 10.1 Å². The second-order valence-corrected chi connectivity index (χ2v) is 8.43. The molecule has 0 spiro atoms. The predicted octanol–water partition coefficient (Wildman–Crippen LogP) is 3.08. The summed E-state index contributed by atoms with van der Waals surface area (Å²) in [5, 5.41) is 3.21. The number of esters is 1. The molecule has 0 radical (unpaired) electrons. The summed E-state index contributed by atoms with van der Waals surface area (Å²) in [5.74, 6) is 2.20. The molecular weight excluding hydrogens is 330 g/mol. The van der Waals surface area contributed by atoms with Crippen molar-refractivity contribution in [2.75, 3.05) is 6.61 Å². The molecule has 140 valence electrons. The minimum atomic E-state index is -0.746. The summed E-state index contributed by atoms with van der Waals surface area (Å²) in [5.41, 5.74) is -0.0512. The first kappa shape index (κ1) is 17.4. The van der Waals surface area contributed by atoms with Gasteiger partial charge in [-0.3, -0.25) is 4.79 Å². The summed E-state index contributed by atoms with van der Waals surface area (Å²) in [6.07, 6.45) is 6.52. The van der Waals surface area contributed by atoms with E-state index < -0.39 is 12.1 Å². The van der Waals surface area contributed by atoms with Crippen LogP contribution in [0.3, 0.4) is 0 Å². The van der Waals surface area contributed by atoms with Gasteiger partial charge in [-0.05, 0) is 75.3 Å². The molecule has 5 rings (SSSR count). The summed E-state index contributed by atoms with van der Waals surface area (Å²) in [6.45, 7) is 1.40. The summed E-state index contributed by atoms with van der Waals surface area (Å²) >= 11 is 0. The van der Waals surface area contributed by atoms with E-state index in [1.54, 1.807) is 19.1 Å². The number of hydrogen-bond donors (Lipinski definition) is 1. The Kier molecular flexibility index (Phi) is 4.63. The van der Waals surface area contributed by atoms with Crippen LogP contribution in [0.15, 0.2) is 30.3 Å². The minimum Gasteiger partial charge on any atom is -0.479 e. The second-order valence-electron chi connectivity index (χ2n) is 8.43. The largest absolute Gasteiger partial charge is 0.479 e. The highest BCUT2D eigenvalue weighted by molar-refractivity contribution is 5.82. The van der Waals surface area contributed by atoms with E-state index in [4.69, 9.17) is 9.47 Å². The van der Waals surface area contributed by atoms with Crippen molar-refractivity contribution >= 4 is 11.9 Å². The number of rotatable bonds is 6. The molecule has 1 aromatic carbocycles. The van der Waals surface area contributed by atoms with Gasteiger partial charge in [-0.2, -0.15) is 0 Å². The number of amides is 1. The molecule has 5 nitrogen and oxygen atoms in total. The fraction of sp³-hybridized carbons (Fsp3) is 0.619. The summed E-state index contributed by atoms with van der Waals surface area (Å²) in [4.78, 5) is 24.5. The third-order valence-electron chi connectivity index (χ3n) is 6.18. The van der Waals surface area contributed by atoms with Crippen molar-refractivity contribution in [3.8, 4) is 5.75 Å². The molecule has 26 heavy (non-hydrogen) atoms. The van der Waals surface area contributed by atoms with E-state index in [1.807, 2.05) is 18.2 Å². The zero-order chi connectivity index (χ0) is 18.1. The highest BCUT2D eigenvalue weighted by Crippen LogP contribution is 2.55. The predicted molar refractivity (Wildman–Crippen MR) is 96.5 cm³/mol. The molecule has 4 aliphatic rings. The summed E-state index contributed by atoms with van der Waals surface area (Å²) in [6, 6.07) is 9.12. The van der Waals surface area contributed by atoms with Crippen LogP contribution in [0.4, 0.5) is 0 Å². The third-order valence-corrected chi connectivity index (χ3v) is 6.18. The standard InChI is InChI=1S/C21H27NO4/c1-14(26-18-5-3-2-4-6-18)20(24)25-13-19(23)22-21-10-15-7-16(11-21)9-17(8-15)12-21/h2-6,14-17H,7-13H2,1H3,(H,22,23)/t14-,15?,16?,17?,21?/m1/s1. The Morgan fingerprint density at radius 1 is 1.08 bits per heavy atom. The van der Waals surface area contributed by atoms with Gasteiger partial charge >= 0.3 is 5.97 Å². The smallest absolute Gasteiger partial charge is 0.347 e. The van der Waals surface area contributed by atoms with Crippen molar-refractivity contribution in [2.45, 2.75) is 57.1 Å². The molecule has 5 heteroatoms. The van der Waals surface area contributed by atoms with Gasteiger partial charge in [0, 0.05) is 5.54 Å². The van der Waals surface area contributed by atoms with E-state index in [2.05, 4.69) is 5.32 Å². The highest BCUT2D eigenvalue weighted by atomic mass is 16.6. The van der Waals surface area contributed by atoms with Gasteiger partial charge in [0.2, 0.25) is 0 Å². The van der Waals surface area contributed by atoms with Gasteiger partial charge in [0.25, 0.3) is 5.91 Å². The maximum atomic E-state index is 12.4. The van der Waals surface area contributed by atoms with Gasteiger partial charge in [-0.15, -0.1) is 0 Å². The molecule has 1 aromatic rings. The Balaban J connectivity index is 1.26. The topological polar surface area (TPSA) is 64.6 Å². The first-order valence-electron chi connectivity index (χ1n) is 9.71. The molecule has 0 aliphatic heterocycles. The van der Waals surface area contributed by atoms with Crippen LogP contribution in [0.1, 0.15) is 45.4 Å². The first-order chi connectivity index (χ1) is 12.5. The Morgan fingerprint density at radius 3 is 2.23 bits per heavy atom. The van der Waals surface area contributed by atoms with E-state index >= 15 is 0 Å². The molecule has 0 unspecified atom stereocenters. The summed E-state index contributed by atoms with van der Waals surface area (Å²) in [7, 11) is 0. The van der Waals surface area contributed by atoms with E-state index in [1.165, 1.54) is 19.3 Å². The van der Waals surface area contributed by atoms with Crippen LogP contribution in [0.25, 0.3) is 0 Å². The average molecular weight is 357 g/mol. The van der Waals surface area contributed by atoms with Crippen LogP contribution >= 0.6 is 0 Å². The lowest BCUT2D eigenvalue weighted by atomic mass is 9.53. The lowest BCUT2D eigenvalue weighted by Crippen LogP contribution is -2.60. The van der Waals surface area contributed by atoms with E-state index in [0.29, 0.717) is 5.75 Å². The number of ether oxygens (including phenoxy) is 2. The number of carbonyl (C=O) groups excluding carboxylic acids is 2. The van der Waals surface area contributed by atoms with Crippen molar-refractivity contribution in [1.82, 2.24) is 5.32 Å². The monoisotopic (exact) mass is 357 g/mol. The first-order valence-corrected chi connectivity index (χ1v) is 9.71. The number of benzene rings is 1. The average Bonchev–Trinajstić information content (AvgIpc) is 2.59. The maximum absolute atomic E-state index is 12.4. The molecule has 4 fully saturated rings. The number of hydrogen-bond acceptors (Lipinski definition) is 4. The molecule has 1 N–H and O–H groups in total. The highest BCUT2D eigenvalue weighted by Gasteiger charge is 2.51. The lowest BCUT2D eigenvalue weighted by molar-refractivity contribution is -0.155. The Morgan fingerprint density at radius 2 is 1.65 bits per heavy atom. The zero-order valence-corrected chi connectivity index (χ0v) is 15.3. The SMILES string of the molecule is C[C@@H](Oc1ccccc1)C(=O)OCC(=O)NC12CC3CC(CC(C3)C1)C2. The van der Waals surface area contributed by atoms with Crippen molar-refractivity contribution in [3.05, 3.63) is 30.3 Å². The molecule has 4 aliphatic carbocycles. The van der Waals surface area contributed by atoms with Crippen LogP contribution in [-0.2, 0) is 14.3 Å². The van der Waals surface area contributed by atoms with Crippen LogP contribution in [0, 0.1) is 17.8 Å². The van der Waals surface area contributed by atoms with Gasteiger partial charge in [0.15, 0.2) is 12.7 Å². The van der Waals surface area contributed by atoms with Crippen LogP contribution in [-0.4, -0.2) is 30.1 Å². The van der Waals surface area contributed by atoms with Crippen molar-refractivity contribution in [2.24, 2.45) is 17.8 Å². The van der Waals surface area contributed by atoms with Crippen molar-refractivity contribution in [1.29, 1.82) is 0 Å². The molecule has 4 bridgehead atoms.